The normalized spacial score (nSPS) is 15.4. The van der Waals surface area contributed by atoms with E-state index in [-0.39, 0.29) is 18.9 Å². The van der Waals surface area contributed by atoms with Gasteiger partial charge in [-0.05, 0) is 19.3 Å². The van der Waals surface area contributed by atoms with E-state index in [2.05, 4.69) is 16.0 Å². The van der Waals surface area contributed by atoms with Crippen LogP contribution in [0.1, 0.15) is 39.0 Å². The van der Waals surface area contributed by atoms with Gasteiger partial charge in [-0.2, -0.15) is 0 Å². The van der Waals surface area contributed by atoms with E-state index >= 15 is 0 Å². The molecule has 3 amide bonds. The molecular weight excluding hydrogens is 250 g/mol. The second-order valence-electron chi connectivity index (χ2n) is 4.67. The molecule has 0 unspecified atom stereocenters. The standard InChI is InChI=1S/C12H21N3O4/c1-2-3-9(11(17)18)15-12(19)13-7-6-10(16)14-8-4-5-8/h8-9H,2-7H2,1H3,(H,14,16)(H,17,18)(H2,13,15,19)/t9-/m0/s1. The van der Waals surface area contributed by atoms with Gasteiger partial charge in [-0.15, -0.1) is 0 Å². The zero-order valence-electron chi connectivity index (χ0n) is 11.1. The van der Waals surface area contributed by atoms with E-state index in [1.54, 1.807) is 0 Å². The van der Waals surface area contributed by atoms with Gasteiger partial charge in [0.05, 0.1) is 0 Å². The van der Waals surface area contributed by atoms with Gasteiger partial charge in [0.15, 0.2) is 0 Å². The zero-order valence-corrected chi connectivity index (χ0v) is 11.1. The van der Waals surface area contributed by atoms with Crippen LogP contribution in [0, 0.1) is 0 Å². The summed E-state index contributed by atoms with van der Waals surface area (Å²) < 4.78 is 0. The molecule has 1 atom stereocenters. The quantitative estimate of drug-likeness (QED) is 0.506. The maximum Gasteiger partial charge on any atom is 0.326 e. The Balaban J connectivity index is 2.14. The number of aliphatic carboxylic acids is 1. The number of nitrogens with one attached hydrogen (secondary N) is 3. The van der Waals surface area contributed by atoms with Gasteiger partial charge in [-0.25, -0.2) is 9.59 Å². The van der Waals surface area contributed by atoms with Crippen LogP contribution < -0.4 is 16.0 Å². The van der Waals surface area contributed by atoms with E-state index < -0.39 is 18.0 Å². The molecule has 0 aliphatic heterocycles. The highest BCUT2D eigenvalue weighted by Gasteiger charge is 2.23. The second-order valence-corrected chi connectivity index (χ2v) is 4.67. The molecule has 0 saturated heterocycles. The fourth-order valence-electron chi connectivity index (χ4n) is 1.57. The lowest BCUT2D eigenvalue weighted by Crippen LogP contribution is -2.46. The minimum absolute atomic E-state index is 0.0915. The van der Waals surface area contributed by atoms with E-state index in [0.29, 0.717) is 18.9 Å². The van der Waals surface area contributed by atoms with E-state index in [1.165, 1.54) is 0 Å². The summed E-state index contributed by atoms with van der Waals surface area (Å²) >= 11 is 0. The first-order valence-corrected chi connectivity index (χ1v) is 6.59. The summed E-state index contributed by atoms with van der Waals surface area (Å²) in [5, 5.41) is 16.5. The van der Waals surface area contributed by atoms with Crippen LogP contribution in [0.4, 0.5) is 4.79 Å². The summed E-state index contributed by atoms with van der Waals surface area (Å²) in [7, 11) is 0. The largest absolute Gasteiger partial charge is 0.480 e. The van der Waals surface area contributed by atoms with E-state index in [1.807, 2.05) is 6.92 Å². The highest BCUT2D eigenvalue weighted by atomic mass is 16.4. The third-order valence-corrected chi connectivity index (χ3v) is 2.76. The summed E-state index contributed by atoms with van der Waals surface area (Å²) in [5.41, 5.74) is 0. The van der Waals surface area contributed by atoms with E-state index in [9.17, 15) is 14.4 Å². The van der Waals surface area contributed by atoms with Gasteiger partial charge >= 0.3 is 12.0 Å². The first-order chi connectivity index (χ1) is 9.02. The number of carbonyl (C=O) groups is 3. The minimum Gasteiger partial charge on any atom is -0.480 e. The number of hydrogen-bond acceptors (Lipinski definition) is 3. The van der Waals surface area contributed by atoms with Crippen molar-refractivity contribution in [2.45, 2.75) is 51.1 Å². The van der Waals surface area contributed by atoms with Crippen LogP contribution >= 0.6 is 0 Å². The maximum atomic E-state index is 11.4. The first-order valence-electron chi connectivity index (χ1n) is 6.59. The Morgan fingerprint density at radius 3 is 2.53 bits per heavy atom. The molecule has 0 radical (unpaired) electrons. The predicted octanol–water partition coefficient (Wildman–Crippen LogP) is 0.208. The molecule has 1 rings (SSSR count). The number of carbonyl (C=O) groups excluding carboxylic acids is 2. The Morgan fingerprint density at radius 2 is 2.00 bits per heavy atom. The summed E-state index contributed by atoms with van der Waals surface area (Å²) in [5.74, 6) is -1.14. The molecule has 0 bridgehead atoms. The molecule has 19 heavy (non-hydrogen) atoms. The van der Waals surface area contributed by atoms with Gasteiger partial charge in [-0.3, -0.25) is 4.79 Å². The van der Waals surface area contributed by atoms with Crippen LogP contribution in [0.15, 0.2) is 0 Å². The van der Waals surface area contributed by atoms with Crippen molar-refractivity contribution < 1.29 is 19.5 Å². The van der Waals surface area contributed by atoms with Gasteiger partial charge in [0.2, 0.25) is 5.91 Å². The molecule has 1 aliphatic carbocycles. The summed E-state index contributed by atoms with van der Waals surface area (Å²) in [6.07, 6.45) is 3.30. The SMILES string of the molecule is CCC[C@H](NC(=O)NCCC(=O)NC1CC1)C(=O)O. The monoisotopic (exact) mass is 271 g/mol. The number of rotatable bonds is 8. The van der Waals surface area contributed by atoms with Crippen LogP contribution in [0.25, 0.3) is 0 Å². The van der Waals surface area contributed by atoms with Gasteiger partial charge in [0.1, 0.15) is 6.04 Å². The van der Waals surface area contributed by atoms with Crippen molar-refractivity contribution >= 4 is 17.9 Å². The van der Waals surface area contributed by atoms with Gasteiger partial charge in [-0.1, -0.05) is 13.3 Å². The van der Waals surface area contributed by atoms with Crippen LogP contribution in [-0.2, 0) is 9.59 Å². The topological polar surface area (TPSA) is 108 Å². The highest BCUT2D eigenvalue weighted by molar-refractivity contribution is 5.83. The number of carboxylic acids is 1. The van der Waals surface area contributed by atoms with Crippen molar-refractivity contribution in [3.63, 3.8) is 0 Å². The van der Waals surface area contributed by atoms with Crippen molar-refractivity contribution in [3.05, 3.63) is 0 Å². The Hall–Kier alpha value is -1.79. The molecule has 0 spiro atoms. The van der Waals surface area contributed by atoms with Crippen LogP contribution in [-0.4, -0.2) is 41.6 Å². The summed E-state index contributed by atoms with van der Waals surface area (Å²) in [4.78, 5) is 33.6. The minimum atomic E-state index is -1.05. The number of amides is 3. The fraction of sp³-hybridized carbons (Fsp3) is 0.750. The smallest absolute Gasteiger partial charge is 0.326 e. The zero-order chi connectivity index (χ0) is 14.3. The molecular formula is C12H21N3O4. The molecule has 7 heteroatoms. The molecule has 1 saturated carbocycles. The number of carboxylic acid groups (broad SMARTS) is 1. The van der Waals surface area contributed by atoms with Crippen molar-refractivity contribution in [2.75, 3.05) is 6.54 Å². The second kappa shape index (κ2) is 7.60. The lowest BCUT2D eigenvalue weighted by molar-refractivity contribution is -0.139. The van der Waals surface area contributed by atoms with Crippen LogP contribution in [0.5, 0.6) is 0 Å². The molecule has 0 aromatic rings. The Morgan fingerprint density at radius 1 is 1.32 bits per heavy atom. The molecule has 7 nitrogen and oxygen atoms in total. The van der Waals surface area contributed by atoms with Crippen LogP contribution in [0.2, 0.25) is 0 Å². The third kappa shape index (κ3) is 6.64. The molecule has 0 aromatic carbocycles. The Bertz CT molecular complexity index is 342. The summed E-state index contributed by atoms with van der Waals surface area (Å²) in [6, 6.07) is -1.13. The fourth-order valence-corrected chi connectivity index (χ4v) is 1.57. The number of hydrogen-bond donors (Lipinski definition) is 4. The third-order valence-electron chi connectivity index (χ3n) is 2.76. The lowest BCUT2D eigenvalue weighted by Gasteiger charge is -2.14. The molecule has 1 fully saturated rings. The van der Waals surface area contributed by atoms with Gasteiger partial charge in [0, 0.05) is 19.0 Å². The maximum absolute atomic E-state index is 11.4. The number of urea groups is 1. The van der Waals surface area contributed by atoms with Gasteiger partial charge in [0.25, 0.3) is 0 Å². The molecule has 0 aromatic heterocycles. The van der Waals surface area contributed by atoms with Crippen molar-refractivity contribution in [3.8, 4) is 0 Å². The molecule has 108 valence electrons. The Labute approximate surface area is 112 Å². The van der Waals surface area contributed by atoms with Crippen molar-refractivity contribution in [1.29, 1.82) is 0 Å². The van der Waals surface area contributed by atoms with Crippen molar-refractivity contribution in [2.24, 2.45) is 0 Å². The molecule has 1 aliphatic rings. The highest BCUT2D eigenvalue weighted by Crippen LogP contribution is 2.18. The van der Waals surface area contributed by atoms with E-state index in [0.717, 1.165) is 12.8 Å². The van der Waals surface area contributed by atoms with Crippen LogP contribution in [0.3, 0.4) is 0 Å². The Kier molecular flexibility index (Phi) is 6.11. The molecule has 4 N–H and O–H groups in total. The first kappa shape index (κ1) is 15.3. The van der Waals surface area contributed by atoms with E-state index in [4.69, 9.17) is 5.11 Å². The predicted molar refractivity (Wildman–Crippen MR) is 68.6 cm³/mol. The van der Waals surface area contributed by atoms with Gasteiger partial charge < -0.3 is 21.1 Å². The average Bonchev–Trinajstić information content (AvgIpc) is 3.12. The van der Waals surface area contributed by atoms with Crippen molar-refractivity contribution in [1.82, 2.24) is 16.0 Å². The average molecular weight is 271 g/mol. The lowest BCUT2D eigenvalue weighted by atomic mass is 10.2. The summed E-state index contributed by atoms with van der Waals surface area (Å²) in [6.45, 7) is 2.04. The molecule has 0 heterocycles.